The van der Waals surface area contributed by atoms with Crippen molar-refractivity contribution in [2.75, 3.05) is 20.2 Å². The van der Waals surface area contributed by atoms with Crippen molar-refractivity contribution in [2.24, 2.45) is 0 Å². The lowest BCUT2D eigenvalue weighted by Gasteiger charge is -2.31. The molecule has 1 aliphatic rings. The molecule has 0 radical (unpaired) electrons. The van der Waals surface area contributed by atoms with Gasteiger partial charge in [-0.15, -0.1) is 10.2 Å². The summed E-state index contributed by atoms with van der Waals surface area (Å²) in [5.41, 5.74) is 1.02. The molecule has 1 saturated heterocycles. The second-order valence-electron chi connectivity index (χ2n) is 5.97. The van der Waals surface area contributed by atoms with Gasteiger partial charge in [0.1, 0.15) is 6.10 Å². The Morgan fingerprint density at radius 1 is 1.08 bits per heavy atom. The summed E-state index contributed by atoms with van der Waals surface area (Å²) in [7, 11) is -2.00. The first-order valence-corrected chi connectivity index (χ1v) is 9.54. The van der Waals surface area contributed by atoms with Gasteiger partial charge in [-0.05, 0) is 31.9 Å². The van der Waals surface area contributed by atoms with Gasteiger partial charge in [0, 0.05) is 18.7 Å². The van der Waals surface area contributed by atoms with Gasteiger partial charge < -0.3 is 9.47 Å². The van der Waals surface area contributed by atoms with E-state index in [1.165, 1.54) is 11.4 Å². The van der Waals surface area contributed by atoms with Gasteiger partial charge >= 0.3 is 0 Å². The number of methoxy groups -OCH3 is 1. The highest BCUT2D eigenvalue weighted by Crippen LogP contribution is 2.23. The monoisotopic (exact) mass is 363 g/mol. The zero-order valence-electron chi connectivity index (χ0n) is 14.3. The predicted molar refractivity (Wildman–Crippen MR) is 92.2 cm³/mol. The summed E-state index contributed by atoms with van der Waals surface area (Å²) in [4.78, 5) is 0.308. The van der Waals surface area contributed by atoms with Crippen molar-refractivity contribution in [1.29, 1.82) is 0 Å². The lowest BCUT2D eigenvalue weighted by atomic mass is 10.1. The van der Waals surface area contributed by atoms with Crippen molar-refractivity contribution in [3.63, 3.8) is 0 Å². The topological polar surface area (TPSA) is 81.6 Å². The van der Waals surface area contributed by atoms with Crippen molar-refractivity contribution < 1.29 is 17.9 Å². The fourth-order valence-electron chi connectivity index (χ4n) is 2.73. The number of aryl methyl sites for hydroxylation is 1. The molecule has 1 aromatic carbocycles. The third-order valence-corrected chi connectivity index (χ3v) is 5.99. The molecule has 0 saturated carbocycles. The van der Waals surface area contributed by atoms with Gasteiger partial charge in [-0.2, -0.15) is 4.31 Å². The zero-order valence-corrected chi connectivity index (χ0v) is 15.1. The Morgan fingerprint density at radius 3 is 2.40 bits per heavy atom. The van der Waals surface area contributed by atoms with E-state index in [0.29, 0.717) is 29.7 Å². The number of hydrogen-bond donors (Lipinski definition) is 0. The lowest BCUT2D eigenvalue weighted by Crippen LogP contribution is -2.44. The molecule has 8 heteroatoms. The average Bonchev–Trinajstić information content (AvgIpc) is 2.63. The molecule has 2 heterocycles. The second kappa shape index (κ2) is 7.37. The van der Waals surface area contributed by atoms with Gasteiger partial charge in [-0.3, -0.25) is 0 Å². The minimum atomic E-state index is -3.52. The maximum atomic E-state index is 12.8. The van der Waals surface area contributed by atoms with Crippen molar-refractivity contribution in [2.45, 2.75) is 30.8 Å². The minimum Gasteiger partial charge on any atom is -0.480 e. The first kappa shape index (κ1) is 17.6. The molecule has 134 valence electrons. The van der Waals surface area contributed by atoms with Gasteiger partial charge in [-0.25, -0.2) is 8.42 Å². The summed E-state index contributed by atoms with van der Waals surface area (Å²) in [6.07, 6.45) is 1.25. The van der Waals surface area contributed by atoms with Crippen LogP contribution in [0.2, 0.25) is 0 Å². The highest BCUT2D eigenvalue weighted by atomic mass is 32.2. The molecule has 0 bridgehead atoms. The number of ether oxygens (including phenoxy) is 2. The summed E-state index contributed by atoms with van der Waals surface area (Å²) >= 11 is 0. The number of nitrogens with zero attached hydrogens (tertiary/aromatic N) is 3. The molecule has 3 rings (SSSR count). The van der Waals surface area contributed by atoms with Crippen LogP contribution in [0.3, 0.4) is 0 Å². The smallest absolute Gasteiger partial charge is 0.243 e. The van der Waals surface area contributed by atoms with E-state index in [4.69, 9.17) is 9.47 Å². The van der Waals surface area contributed by atoms with E-state index < -0.39 is 10.0 Å². The standard InChI is InChI=1S/C17H21N3O4S/c1-13-5-7-15(8-6-13)25(21,22)20-11-3-4-14(12-20)24-17-10-9-16(23-2)18-19-17/h5-10,14H,3-4,11-12H2,1-2H3. The van der Waals surface area contributed by atoms with Crippen LogP contribution in [0.25, 0.3) is 0 Å². The van der Waals surface area contributed by atoms with Crippen LogP contribution in [0.4, 0.5) is 0 Å². The maximum absolute atomic E-state index is 12.8. The Kier molecular flexibility index (Phi) is 5.19. The molecule has 0 aliphatic carbocycles. The van der Waals surface area contributed by atoms with Crippen molar-refractivity contribution >= 4 is 10.0 Å². The van der Waals surface area contributed by atoms with Crippen LogP contribution in [0.5, 0.6) is 11.8 Å². The summed E-state index contributed by atoms with van der Waals surface area (Å²) in [6, 6.07) is 10.2. The van der Waals surface area contributed by atoms with Gasteiger partial charge in [0.25, 0.3) is 0 Å². The molecule has 1 unspecified atom stereocenters. The fraction of sp³-hybridized carbons (Fsp3) is 0.412. The van der Waals surface area contributed by atoms with Gasteiger partial charge in [-0.1, -0.05) is 17.7 Å². The molecule has 1 atom stereocenters. The van der Waals surface area contributed by atoms with E-state index in [-0.39, 0.29) is 6.10 Å². The van der Waals surface area contributed by atoms with Crippen molar-refractivity contribution in [1.82, 2.24) is 14.5 Å². The minimum absolute atomic E-state index is 0.253. The van der Waals surface area contributed by atoms with Crippen molar-refractivity contribution in [3.8, 4) is 11.8 Å². The number of rotatable bonds is 5. The number of sulfonamides is 1. The first-order chi connectivity index (χ1) is 12.0. The van der Waals surface area contributed by atoms with E-state index >= 15 is 0 Å². The molecule has 1 fully saturated rings. The molecular weight excluding hydrogens is 342 g/mol. The molecule has 7 nitrogen and oxygen atoms in total. The van der Waals surface area contributed by atoms with Crippen LogP contribution in [0.1, 0.15) is 18.4 Å². The summed E-state index contributed by atoms with van der Waals surface area (Å²) in [5, 5.41) is 7.79. The second-order valence-corrected chi connectivity index (χ2v) is 7.91. The first-order valence-electron chi connectivity index (χ1n) is 8.10. The number of piperidine rings is 1. The van der Waals surface area contributed by atoms with Crippen LogP contribution in [0, 0.1) is 6.92 Å². The molecule has 0 N–H and O–H groups in total. The molecular formula is C17H21N3O4S. The Labute approximate surface area is 147 Å². The summed E-state index contributed by atoms with van der Waals surface area (Å²) in [5.74, 6) is 0.764. The van der Waals surface area contributed by atoms with Gasteiger partial charge in [0.05, 0.1) is 18.6 Å². The normalized spacial score (nSPS) is 18.7. The Hall–Kier alpha value is -2.19. The van der Waals surface area contributed by atoms with Crippen molar-refractivity contribution in [3.05, 3.63) is 42.0 Å². The highest BCUT2D eigenvalue weighted by molar-refractivity contribution is 7.89. The Bertz CT molecular complexity index is 807. The van der Waals surface area contributed by atoms with E-state index in [1.54, 1.807) is 36.4 Å². The van der Waals surface area contributed by atoms with Crippen LogP contribution in [0.15, 0.2) is 41.3 Å². The van der Waals surface area contributed by atoms with E-state index in [1.807, 2.05) is 6.92 Å². The van der Waals surface area contributed by atoms with Gasteiger partial charge in [0.15, 0.2) is 0 Å². The molecule has 0 amide bonds. The maximum Gasteiger partial charge on any atom is 0.243 e. The predicted octanol–water partition coefficient (Wildman–Crippen LogP) is 2.03. The Morgan fingerprint density at radius 2 is 1.76 bits per heavy atom. The largest absolute Gasteiger partial charge is 0.480 e. The van der Waals surface area contributed by atoms with Crippen LogP contribution >= 0.6 is 0 Å². The third-order valence-electron chi connectivity index (χ3n) is 4.11. The molecule has 25 heavy (non-hydrogen) atoms. The summed E-state index contributed by atoms with van der Waals surface area (Å²) < 4.78 is 37.8. The molecule has 1 aromatic heterocycles. The highest BCUT2D eigenvalue weighted by Gasteiger charge is 2.31. The van der Waals surface area contributed by atoms with Crippen LogP contribution in [-0.4, -0.2) is 49.2 Å². The Balaban J connectivity index is 1.70. The lowest BCUT2D eigenvalue weighted by molar-refractivity contribution is 0.123. The fourth-order valence-corrected chi connectivity index (χ4v) is 4.24. The third kappa shape index (κ3) is 4.08. The molecule has 1 aliphatic heterocycles. The quantitative estimate of drug-likeness (QED) is 0.808. The van der Waals surface area contributed by atoms with E-state index in [9.17, 15) is 8.42 Å². The van der Waals surface area contributed by atoms with Crippen LogP contribution in [-0.2, 0) is 10.0 Å². The van der Waals surface area contributed by atoms with Gasteiger partial charge in [0.2, 0.25) is 21.8 Å². The molecule has 2 aromatic rings. The number of hydrogen-bond acceptors (Lipinski definition) is 6. The molecule has 0 spiro atoms. The summed E-state index contributed by atoms with van der Waals surface area (Å²) in [6.45, 7) is 2.71. The number of benzene rings is 1. The van der Waals surface area contributed by atoms with E-state index in [0.717, 1.165) is 18.4 Å². The average molecular weight is 363 g/mol. The zero-order chi connectivity index (χ0) is 17.9. The van der Waals surface area contributed by atoms with Crippen LogP contribution < -0.4 is 9.47 Å². The SMILES string of the molecule is COc1ccc(OC2CCCN(S(=O)(=O)c3ccc(C)cc3)C2)nn1. The number of aromatic nitrogens is 2. The van der Waals surface area contributed by atoms with E-state index in [2.05, 4.69) is 10.2 Å².